The molecule has 1 rings (SSSR count). The van der Waals surface area contributed by atoms with Gasteiger partial charge in [-0.05, 0) is 30.7 Å². The molecular weight excluding hydrogens is 290 g/mol. The fraction of sp³-hybridized carbons (Fsp3) is 0.700. The van der Waals surface area contributed by atoms with Crippen molar-refractivity contribution in [2.75, 3.05) is 0 Å². The first-order chi connectivity index (χ1) is 10.2. The van der Waals surface area contributed by atoms with Gasteiger partial charge in [0, 0.05) is 6.04 Å². The molecule has 1 aromatic carbocycles. The van der Waals surface area contributed by atoms with E-state index in [2.05, 4.69) is 44.2 Å². The molecule has 0 spiro atoms. The topological polar surface area (TPSA) is 26.0 Å². The van der Waals surface area contributed by atoms with Gasteiger partial charge in [0.05, 0.1) is 0 Å². The van der Waals surface area contributed by atoms with E-state index in [-0.39, 0.29) is 12.4 Å². The van der Waals surface area contributed by atoms with Gasteiger partial charge in [-0.1, -0.05) is 89.1 Å². The molecule has 0 aliphatic heterocycles. The van der Waals surface area contributed by atoms with Gasteiger partial charge < -0.3 is 5.73 Å². The fourth-order valence-corrected chi connectivity index (χ4v) is 3.10. The summed E-state index contributed by atoms with van der Waals surface area (Å²) in [5.41, 5.74) is 7.73. The van der Waals surface area contributed by atoms with Crippen LogP contribution in [0.1, 0.15) is 77.2 Å². The Bertz CT molecular complexity index is 339. The number of unbranched alkanes of at least 4 members (excludes halogenated alkanes) is 6. The lowest BCUT2D eigenvalue weighted by atomic mass is 9.92. The third-order valence-electron chi connectivity index (χ3n) is 4.31. The molecule has 0 heterocycles. The number of hydrogen-bond acceptors (Lipinski definition) is 1. The molecule has 0 aliphatic carbocycles. The first-order valence-corrected chi connectivity index (χ1v) is 9.02. The van der Waals surface area contributed by atoms with Crippen LogP contribution in [0.15, 0.2) is 30.3 Å². The summed E-state index contributed by atoms with van der Waals surface area (Å²) >= 11 is 0. The molecule has 128 valence electrons. The average Bonchev–Trinajstić information content (AvgIpc) is 2.47. The van der Waals surface area contributed by atoms with Crippen LogP contribution in [0.3, 0.4) is 0 Å². The molecule has 0 fully saturated rings. The molecule has 2 N–H and O–H groups in total. The molecule has 0 bridgehead atoms. The zero-order valence-electron chi connectivity index (χ0n) is 14.6. The maximum Gasteiger partial charge on any atom is 0.00414 e. The molecule has 0 saturated heterocycles. The molecule has 2 atom stereocenters. The molecule has 0 amide bonds. The number of hydrogen-bond donors (Lipinski definition) is 1. The van der Waals surface area contributed by atoms with Crippen LogP contribution in [0.4, 0.5) is 0 Å². The van der Waals surface area contributed by atoms with E-state index in [0.29, 0.717) is 12.0 Å². The van der Waals surface area contributed by atoms with Gasteiger partial charge in [-0.15, -0.1) is 12.4 Å². The smallest absolute Gasteiger partial charge is 0.00414 e. The normalized spacial score (nSPS) is 13.4. The summed E-state index contributed by atoms with van der Waals surface area (Å²) in [4.78, 5) is 0. The Morgan fingerprint density at radius 1 is 0.909 bits per heavy atom. The third-order valence-corrected chi connectivity index (χ3v) is 4.31. The van der Waals surface area contributed by atoms with Crippen LogP contribution in [-0.2, 0) is 6.42 Å². The lowest BCUT2D eigenvalue weighted by Crippen LogP contribution is -2.23. The quantitative estimate of drug-likeness (QED) is 0.458. The van der Waals surface area contributed by atoms with Crippen molar-refractivity contribution in [3.05, 3.63) is 35.9 Å². The van der Waals surface area contributed by atoms with E-state index in [0.717, 1.165) is 12.8 Å². The van der Waals surface area contributed by atoms with Crippen molar-refractivity contribution in [1.82, 2.24) is 0 Å². The molecule has 1 aromatic rings. The van der Waals surface area contributed by atoms with Crippen LogP contribution in [0, 0.1) is 5.92 Å². The Balaban J connectivity index is 0.00000441. The lowest BCUT2D eigenvalue weighted by molar-refractivity contribution is 0.428. The van der Waals surface area contributed by atoms with Gasteiger partial charge in [-0.3, -0.25) is 0 Å². The minimum Gasteiger partial charge on any atom is -0.328 e. The van der Waals surface area contributed by atoms with Crippen molar-refractivity contribution in [2.45, 2.75) is 84.1 Å². The lowest BCUT2D eigenvalue weighted by Gasteiger charge is -2.17. The highest BCUT2D eigenvalue weighted by Crippen LogP contribution is 2.16. The maximum atomic E-state index is 6.29. The van der Waals surface area contributed by atoms with Crippen molar-refractivity contribution in [3.63, 3.8) is 0 Å². The van der Waals surface area contributed by atoms with E-state index >= 15 is 0 Å². The van der Waals surface area contributed by atoms with E-state index in [1.165, 1.54) is 56.9 Å². The first kappa shape index (κ1) is 21.5. The second-order valence-electron chi connectivity index (χ2n) is 6.70. The predicted octanol–water partition coefficient (Wildman–Crippen LogP) is 6.15. The van der Waals surface area contributed by atoms with Gasteiger partial charge in [0.1, 0.15) is 0 Å². The van der Waals surface area contributed by atoms with E-state index in [4.69, 9.17) is 5.73 Å². The van der Waals surface area contributed by atoms with Crippen molar-refractivity contribution in [1.29, 1.82) is 0 Å². The van der Waals surface area contributed by atoms with E-state index in [1.807, 2.05) is 0 Å². The highest BCUT2D eigenvalue weighted by molar-refractivity contribution is 5.85. The maximum absolute atomic E-state index is 6.29. The van der Waals surface area contributed by atoms with E-state index in [1.54, 1.807) is 0 Å². The Hall–Kier alpha value is -0.530. The number of nitrogens with two attached hydrogens (primary N) is 1. The predicted molar refractivity (Wildman–Crippen MR) is 102 cm³/mol. The summed E-state index contributed by atoms with van der Waals surface area (Å²) in [5, 5.41) is 0. The zero-order valence-corrected chi connectivity index (χ0v) is 15.4. The first-order valence-electron chi connectivity index (χ1n) is 9.02. The molecule has 2 heteroatoms. The molecule has 0 aliphatic rings. The summed E-state index contributed by atoms with van der Waals surface area (Å²) in [7, 11) is 0. The Morgan fingerprint density at radius 2 is 1.50 bits per heavy atom. The van der Waals surface area contributed by atoms with Crippen LogP contribution < -0.4 is 5.73 Å². The summed E-state index contributed by atoms with van der Waals surface area (Å²) < 4.78 is 0. The van der Waals surface area contributed by atoms with Crippen LogP contribution in [0.5, 0.6) is 0 Å². The Morgan fingerprint density at radius 3 is 2.14 bits per heavy atom. The van der Waals surface area contributed by atoms with Gasteiger partial charge >= 0.3 is 0 Å². The molecule has 0 radical (unpaired) electrons. The second-order valence-corrected chi connectivity index (χ2v) is 6.70. The van der Waals surface area contributed by atoms with Crippen molar-refractivity contribution >= 4 is 12.4 Å². The molecule has 1 nitrogen and oxygen atoms in total. The standard InChI is InChI=1S/C20H35N.ClH/c1-3-4-5-6-7-8-12-15-20(21)17-18(2)16-19-13-10-9-11-14-19;/h9-11,13-14,18,20H,3-8,12,15-17,21H2,1-2H3;1H. The van der Waals surface area contributed by atoms with Crippen LogP contribution in [0.25, 0.3) is 0 Å². The number of halogens is 1. The largest absolute Gasteiger partial charge is 0.328 e. The van der Waals surface area contributed by atoms with Gasteiger partial charge in [0.25, 0.3) is 0 Å². The highest BCUT2D eigenvalue weighted by Gasteiger charge is 2.09. The van der Waals surface area contributed by atoms with Crippen LogP contribution in [-0.4, -0.2) is 6.04 Å². The van der Waals surface area contributed by atoms with Crippen molar-refractivity contribution in [2.24, 2.45) is 11.7 Å². The monoisotopic (exact) mass is 325 g/mol. The van der Waals surface area contributed by atoms with E-state index in [9.17, 15) is 0 Å². The molecule has 2 unspecified atom stereocenters. The van der Waals surface area contributed by atoms with Crippen LogP contribution >= 0.6 is 12.4 Å². The molecular formula is C20H36ClN. The second kappa shape index (κ2) is 14.1. The summed E-state index contributed by atoms with van der Waals surface area (Å²) in [6, 6.07) is 11.2. The minimum atomic E-state index is 0. The number of benzene rings is 1. The van der Waals surface area contributed by atoms with Gasteiger partial charge in [0.15, 0.2) is 0 Å². The molecule has 22 heavy (non-hydrogen) atoms. The Kier molecular flexibility index (Phi) is 13.7. The summed E-state index contributed by atoms with van der Waals surface area (Å²) in [6.45, 7) is 4.60. The fourth-order valence-electron chi connectivity index (χ4n) is 3.10. The SMILES string of the molecule is CCCCCCCCCC(N)CC(C)Cc1ccccc1.Cl. The van der Waals surface area contributed by atoms with Crippen molar-refractivity contribution < 1.29 is 0 Å². The summed E-state index contributed by atoms with van der Waals surface area (Å²) in [6.07, 6.45) is 13.1. The van der Waals surface area contributed by atoms with Gasteiger partial charge in [0.2, 0.25) is 0 Å². The molecule has 0 aromatic heterocycles. The minimum absolute atomic E-state index is 0. The Labute approximate surface area is 144 Å². The summed E-state index contributed by atoms with van der Waals surface area (Å²) in [5.74, 6) is 0.687. The zero-order chi connectivity index (χ0) is 15.3. The van der Waals surface area contributed by atoms with Crippen LogP contribution in [0.2, 0.25) is 0 Å². The molecule has 0 saturated carbocycles. The van der Waals surface area contributed by atoms with Gasteiger partial charge in [-0.25, -0.2) is 0 Å². The van der Waals surface area contributed by atoms with Crippen molar-refractivity contribution in [3.8, 4) is 0 Å². The average molecular weight is 326 g/mol. The third kappa shape index (κ3) is 11.1. The van der Waals surface area contributed by atoms with Gasteiger partial charge in [-0.2, -0.15) is 0 Å². The van der Waals surface area contributed by atoms with E-state index < -0.39 is 0 Å². The number of rotatable bonds is 12. The highest BCUT2D eigenvalue weighted by atomic mass is 35.5.